The third-order valence-electron chi connectivity index (χ3n) is 4.31. The zero-order chi connectivity index (χ0) is 19.8. The minimum atomic E-state index is -0.274. The summed E-state index contributed by atoms with van der Waals surface area (Å²) in [4.78, 5) is 16.5. The molecule has 3 aromatic rings. The number of nitrogens with one attached hydrogen (secondary N) is 2. The van der Waals surface area contributed by atoms with Gasteiger partial charge < -0.3 is 15.4 Å². The van der Waals surface area contributed by atoms with Crippen molar-refractivity contribution in [2.24, 2.45) is 0 Å². The molecule has 0 fully saturated rings. The fraction of sp³-hybridized carbons (Fsp3) is 0.182. The molecule has 144 valence electrons. The number of nitrogens with zero attached hydrogens (tertiary/aromatic N) is 1. The van der Waals surface area contributed by atoms with Crippen molar-refractivity contribution in [3.8, 4) is 5.75 Å². The van der Waals surface area contributed by atoms with Crippen molar-refractivity contribution in [1.29, 1.82) is 0 Å². The number of halogens is 1. The van der Waals surface area contributed by atoms with E-state index in [4.69, 9.17) is 4.74 Å². The van der Waals surface area contributed by atoms with Gasteiger partial charge in [-0.05, 0) is 36.2 Å². The standard InChI is InChI=1S/C22H22FN3O2/c1-28-21-9-5-3-7-17(21)15-26-22(27)20-14-18(11-13-25-20)24-12-10-16-6-2-4-8-19(16)23/h2-9,11,13-14H,10,12,15H2,1H3,(H,24,25)(H,26,27). The fourth-order valence-electron chi connectivity index (χ4n) is 2.82. The van der Waals surface area contributed by atoms with E-state index in [1.54, 1.807) is 37.6 Å². The van der Waals surface area contributed by atoms with Crippen molar-refractivity contribution in [1.82, 2.24) is 10.3 Å². The number of anilines is 1. The summed E-state index contributed by atoms with van der Waals surface area (Å²) in [5.74, 6) is 0.235. The summed E-state index contributed by atoms with van der Waals surface area (Å²) < 4.78 is 19.0. The Kier molecular flexibility index (Phi) is 6.57. The first-order valence-electron chi connectivity index (χ1n) is 9.01. The number of carbonyl (C=O) groups is 1. The van der Waals surface area contributed by atoms with Crippen molar-refractivity contribution in [3.05, 3.63) is 89.5 Å². The lowest BCUT2D eigenvalue weighted by Crippen LogP contribution is -2.24. The van der Waals surface area contributed by atoms with E-state index in [9.17, 15) is 9.18 Å². The van der Waals surface area contributed by atoms with Gasteiger partial charge >= 0.3 is 0 Å². The van der Waals surface area contributed by atoms with Gasteiger partial charge in [-0.3, -0.25) is 9.78 Å². The molecule has 0 aliphatic rings. The Balaban J connectivity index is 1.56. The predicted octanol–water partition coefficient (Wildman–Crippen LogP) is 3.81. The Bertz CT molecular complexity index is 946. The van der Waals surface area contributed by atoms with Gasteiger partial charge in [0.2, 0.25) is 0 Å². The lowest BCUT2D eigenvalue weighted by molar-refractivity contribution is 0.0945. The van der Waals surface area contributed by atoms with Crippen LogP contribution in [0.2, 0.25) is 0 Å². The van der Waals surface area contributed by atoms with E-state index in [2.05, 4.69) is 15.6 Å². The maximum Gasteiger partial charge on any atom is 0.270 e. The molecule has 0 saturated heterocycles. The van der Waals surface area contributed by atoms with Gasteiger partial charge in [-0.15, -0.1) is 0 Å². The molecule has 1 aromatic heterocycles. The zero-order valence-corrected chi connectivity index (χ0v) is 15.6. The van der Waals surface area contributed by atoms with Crippen LogP contribution in [0, 0.1) is 5.82 Å². The highest BCUT2D eigenvalue weighted by atomic mass is 19.1. The van der Waals surface area contributed by atoms with Gasteiger partial charge in [-0.25, -0.2) is 4.39 Å². The second-order valence-electron chi connectivity index (χ2n) is 6.19. The number of methoxy groups -OCH3 is 1. The monoisotopic (exact) mass is 379 g/mol. The molecule has 0 spiro atoms. The van der Waals surface area contributed by atoms with Crippen LogP contribution in [0.5, 0.6) is 5.75 Å². The van der Waals surface area contributed by atoms with Crippen LogP contribution in [0.15, 0.2) is 66.9 Å². The number of para-hydroxylation sites is 1. The van der Waals surface area contributed by atoms with Gasteiger partial charge in [0.05, 0.1) is 7.11 Å². The van der Waals surface area contributed by atoms with E-state index in [-0.39, 0.29) is 11.7 Å². The molecular weight excluding hydrogens is 357 g/mol. The Morgan fingerprint density at radius 3 is 2.61 bits per heavy atom. The molecule has 0 aliphatic heterocycles. The molecule has 0 bridgehead atoms. The van der Waals surface area contributed by atoms with Crippen molar-refractivity contribution in [2.75, 3.05) is 19.0 Å². The molecule has 28 heavy (non-hydrogen) atoms. The molecule has 0 aliphatic carbocycles. The van der Waals surface area contributed by atoms with Crippen LogP contribution in [0.1, 0.15) is 21.6 Å². The number of amides is 1. The summed E-state index contributed by atoms with van der Waals surface area (Å²) in [5, 5.41) is 6.05. The topological polar surface area (TPSA) is 63.2 Å². The maximum atomic E-state index is 13.7. The number of carbonyl (C=O) groups excluding carboxylic acids is 1. The highest BCUT2D eigenvalue weighted by Crippen LogP contribution is 2.17. The Hall–Kier alpha value is -3.41. The first-order valence-corrected chi connectivity index (χ1v) is 9.01. The molecule has 2 aromatic carbocycles. The Labute approximate surface area is 163 Å². The first-order chi connectivity index (χ1) is 13.7. The van der Waals surface area contributed by atoms with E-state index in [1.165, 1.54) is 6.07 Å². The molecule has 0 saturated carbocycles. The van der Waals surface area contributed by atoms with Gasteiger partial charge in [0, 0.05) is 30.5 Å². The first kappa shape index (κ1) is 19.4. The van der Waals surface area contributed by atoms with Crippen LogP contribution in [0.25, 0.3) is 0 Å². The quantitative estimate of drug-likeness (QED) is 0.625. The molecule has 0 atom stereocenters. The van der Waals surface area contributed by atoms with Crippen LogP contribution in [0.4, 0.5) is 10.1 Å². The molecule has 1 heterocycles. The average molecular weight is 379 g/mol. The summed E-state index contributed by atoms with van der Waals surface area (Å²) in [6.07, 6.45) is 2.12. The van der Waals surface area contributed by atoms with Crippen LogP contribution in [-0.2, 0) is 13.0 Å². The van der Waals surface area contributed by atoms with E-state index in [1.807, 2.05) is 30.3 Å². The molecule has 0 unspecified atom stereocenters. The normalized spacial score (nSPS) is 10.4. The van der Waals surface area contributed by atoms with E-state index < -0.39 is 0 Å². The van der Waals surface area contributed by atoms with E-state index >= 15 is 0 Å². The van der Waals surface area contributed by atoms with Gasteiger partial charge in [0.15, 0.2) is 0 Å². The van der Waals surface area contributed by atoms with Gasteiger partial charge in [-0.1, -0.05) is 36.4 Å². The Morgan fingerprint density at radius 1 is 1.07 bits per heavy atom. The summed E-state index contributed by atoms with van der Waals surface area (Å²) in [6, 6.07) is 17.7. The molecule has 3 rings (SSSR count). The average Bonchev–Trinajstić information content (AvgIpc) is 2.74. The van der Waals surface area contributed by atoms with Crippen LogP contribution < -0.4 is 15.4 Å². The van der Waals surface area contributed by atoms with Crippen LogP contribution in [0.3, 0.4) is 0 Å². The lowest BCUT2D eigenvalue weighted by Gasteiger charge is -2.10. The minimum Gasteiger partial charge on any atom is -0.496 e. The molecule has 2 N–H and O–H groups in total. The predicted molar refractivity (Wildman–Crippen MR) is 107 cm³/mol. The number of hydrogen-bond acceptors (Lipinski definition) is 4. The summed E-state index contributed by atoms with van der Waals surface area (Å²) in [6.45, 7) is 0.892. The third-order valence-corrected chi connectivity index (χ3v) is 4.31. The molecule has 0 radical (unpaired) electrons. The number of benzene rings is 2. The van der Waals surface area contributed by atoms with Gasteiger partial charge in [-0.2, -0.15) is 0 Å². The molecule has 5 nitrogen and oxygen atoms in total. The minimum absolute atomic E-state index is 0.213. The second kappa shape index (κ2) is 9.50. The number of rotatable bonds is 8. The van der Waals surface area contributed by atoms with Crippen molar-refractivity contribution in [2.45, 2.75) is 13.0 Å². The summed E-state index contributed by atoms with van der Waals surface area (Å²) >= 11 is 0. The summed E-state index contributed by atoms with van der Waals surface area (Å²) in [7, 11) is 1.60. The molecular formula is C22H22FN3O2. The SMILES string of the molecule is COc1ccccc1CNC(=O)c1cc(NCCc2ccccc2F)ccn1. The van der Waals surface area contributed by atoms with Crippen LogP contribution >= 0.6 is 0 Å². The van der Waals surface area contributed by atoms with E-state index in [0.29, 0.717) is 30.8 Å². The number of pyridine rings is 1. The van der Waals surface area contributed by atoms with Crippen molar-refractivity contribution < 1.29 is 13.9 Å². The smallest absolute Gasteiger partial charge is 0.270 e. The second-order valence-corrected chi connectivity index (χ2v) is 6.19. The Morgan fingerprint density at radius 2 is 1.82 bits per heavy atom. The lowest BCUT2D eigenvalue weighted by atomic mass is 10.1. The number of hydrogen-bond donors (Lipinski definition) is 2. The highest BCUT2D eigenvalue weighted by Gasteiger charge is 2.10. The van der Waals surface area contributed by atoms with Crippen molar-refractivity contribution >= 4 is 11.6 Å². The zero-order valence-electron chi connectivity index (χ0n) is 15.6. The largest absolute Gasteiger partial charge is 0.496 e. The van der Waals surface area contributed by atoms with E-state index in [0.717, 1.165) is 17.0 Å². The van der Waals surface area contributed by atoms with Gasteiger partial charge in [0.25, 0.3) is 5.91 Å². The highest BCUT2D eigenvalue weighted by molar-refractivity contribution is 5.93. The number of ether oxygens (including phenoxy) is 1. The molecule has 6 heteroatoms. The summed E-state index contributed by atoms with van der Waals surface area (Å²) in [5.41, 5.74) is 2.61. The van der Waals surface area contributed by atoms with Crippen LogP contribution in [-0.4, -0.2) is 24.5 Å². The maximum absolute atomic E-state index is 13.7. The van der Waals surface area contributed by atoms with Gasteiger partial charge in [0.1, 0.15) is 17.3 Å². The number of aromatic nitrogens is 1. The van der Waals surface area contributed by atoms with Crippen molar-refractivity contribution in [3.63, 3.8) is 0 Å². The third kappa shape index (κ3) is 5.07. The molecule has 1 amide bonds. The fourth-order valence-corrected chi connectivity index (χ4v) is 2.82.